The second-order valence-electron chi connectivity index (χ2n) is 6.30. The summed E-state index contributed by atoms with van der Waals surface area (Å²) >= 11 is 0. The number of carbonyl (C=O) groups excluding carboxylic acids is 2. The molecule has 2 N–H and O–H groups in total. The summed E-state index contributed by atoms with van der Waals surface area (Å²) in [4.78, 5) is 25.2. The molecule has 0 saturated carbocycles. The second kappa shape index (κ2) is 8.66. The number of anilines is 1. The largest absolute Gasteiger partial charge is 0.484 e. The van der Waals surface area contributed by atoms with Gasteiger partial charge in [-0.2, -0.15) is 0 Å². The highest BCUT2D eigenvalue weighted by atomic mass is 16.5. The lowest BCUT2D eigenvalue weighted by Crippen LogP contribution is -2.49. The number of carbonyl (C=O) groups is 2. The maximum atomic E-state index is 12.0. The average molecular weight is 370 g/mol. The summed E-state index contributed by atoms with van der Waals surface area (Å²) in [7, 11) is 1.65. The van der Waals surface area contributed by atoms with Gasteiger partial charge in [0.1, 0.15) is 18.5 Å². The molecule has 1 aliphatic rings. The number of benzene rings is 2. The van der Waals surface area contributed by atoms with Gasteiger partial charge in [0.25, 0.3) is 5.91 Å². The highest BCUT2D eigenvalue weighted by Gasteiger charge is 2.32. The summed E-state index contributed by atoms with van der Waals surface area (Å²) in [6.07, 6.45) is -0.870. The molecule has 0 aromatic heterocycles. The molecule has 7 heteroatoms. The molecule has 27 heavy (non-hydrogen) atoms. The lowest BCUT2D eigenvalue weighted by molar-refractivity contribution is -0.151. The minimum Gasteiger partial charge on any atom is -0.484 e. The molecule has 3 rings (SSSR count). The van der Waals surface area contributed by atoms with Crippen LogP contribution < -0.4 is 10.1 Å². The van der Waals surface area contributed by atoms with Gasteiger partial charge in [0.05, 0.1) is 12.6 Å². The molecule has 2 aromatic rings. The lowest BCUT2D eigenvalue weighted by atomic mass is 10.0. The third-order valence-electron chi connectivity index (χ3n) is 4.42. The number of para-hydroxylation sites is 1. The maximum absolute atomic E-state index is 12.0. The van der Waals surface area contributed by atoms with E-state index in [2.05, 4.69) is 5.32 Å². The Bertz CT molecular complexity index is 779. The zero-order chi connectivity index (χ0) is 19.2. The Kier molecular flexibility index (Phi) is 6.05. The van der Waals surface area contributed by atoms with E-state index < -0.39 is 12.1 Å². The van der Waals surface area contributed by atoms with Gasteiger partial charge in [0.15, 0.2) is 6.61 Å². The first-order valence-electron chi connectivity index (χ1n) is 8.64. The number of rotatable bonds is 6. The van der Waals surface area contributed by atoms with Gasteiger partial charge in [-0.15, -0.1) is 0 Å². The summed E-state index contributed by atoms with van der Waals surface area (Å²) in [6.45, 7) is 0.217. The van der Waals surface area contributed by atoms with Gasteiger partial charge in [-0.3, -0.25) is 9.59 Å². The van der Waals surface area contributed by atoms with Crippen molar-refractivity contribution in [2.75, 3.05) is 32.2 Å². The first-order chi connectivity index (χ1) is 13.0. The molecular formula is C20H22N2O5. The van der Waals surface area contributed by atoms with Crippen LogP contribution in [0.15, 0.2) is 54.6 Å². The number of aliphatic hydroxyl groups excluding tert-OH is 1. The van der Waals surface area contributed by atoms with Crippen molar-refractivity contribution in [3.63, 3.8) is 0 Å². The predicted octanol–water partition coefficient (Wildman–Crippen LogP) is 1.59. The van der Waals surface area contributed by atoms with E-state index >= 15 is 0 Å². The third-order valence-corrected chi connectivity index (χ3v) is 4.42. The first-order valence-corrected chi connectivity index (χ1v) is 8.64. The summed E-state index contributed by atoms with van der Waals surface area (Å²) in [6, 6.07) is 15.5. The fourth-order valence-electron chi connectivity index (χ4n) is 2.82. The van der Waals surface area contributed by atoms with Crippen LogP contribution in [0.1, 0.15) is 11.7 Å². The lowest BCUT2D eigenvalue weighted by Gasteiger charge is -2.35. The Labute approximate surface area is 157 Å². The van der Waals surface area contributed by atoms with Gasteiger partial charge >= 0.3 is 0 Å². The van der Waals surface area contributed by atoms with Crippen molar-refractivity contribution >= 4 is 17.5 Å². The van der Waals surface area contributed by atoms with Crippen LogP contribution in [-0.2, 0) is 14.3 Å². The average Bonchev–Trinajstić information content (AvgIpc) is 2.69. The van der Waals surface area contributed by atoms with Gasteiger partial charge in [-0.1, -0.05) is 30.3 Å². The Morgan fingerprint density at radius 1 is 1.26 bits per heavy atom. The van der Waals surface area contributed by atoms with Crippen LogP contribution in [0.25, 0.3) is 0 Å². The highest BCUT2D eigenvalue weighted by molar-refractivity contribution is 5.91. The number of aliphatic hydroxyl groups is 1. The summed E-state index contributed by atoms with van der Waals surface area (Å²) in [5.74, 6) is 0.185. The molecule has 7 nitrogen and oxygen atoms in total. The van der Waals surface area contributed by atoms with Crippen molar-refractivity contribution in [3.8, 4) is 5.75 Å². The second-order valence-corrected chi connectivity index (χ2v) is 6.30. The smallest absolute Gasteiger partial charge is 0.262 e. The Balaban J connectivity index is 1.55. The molecule has 2 atom stereocenters. The Morgan fingerprint density at radius 2 is 1.96 bits per heavy atom. The van der Waals surface area contributed by atoms with E-state index in [1.165, 1.54) is 4.90 Å². The Morgan fingerprint density at radius 3 is 2.67 bits per heavy atom. The standard InChI is InChI=1S/C20H22N2O5/c1-22-17(11-26-13-19(22)24)20(25)14-7-9-15(10-8-14)21-18(23)12-27-16-5-3-2-4-6-16/h2-10,17,20,25H,11-13H2,1H3,(H,21,23). The van der Waals surface area contributed by atoms with E-state index in [0.29, 0.717) is 17.0 Å². The van der Waals surface area contributed by atoms with Crippen LogP contribution in [0.3, 0.4) is 0 Å². The molecule has 0 spiro atoms. The monoisotopic (exact) mass is 370 g/mol. The number of hydrogen-bond acceptors (Lipinski definition) is 5. The maximum Gasteiger partial charge on any atom is 0.262 e. The highest BCUT2D eigenvalue weighted by Crippen LogP contribution is 2.24. The van der Waals surface area contributed by atoms with Crippen LogP contribution in [-0.4, -0.2) is 54.7 Å². The van der Waals surface area contributed by atoms with Gasteiger partial charge in [0, 0.05) is 12.7 Å². The zero-order valence-corrected chi connectivity index (χ0v) is 15.0. The number of nitrogens with zero attached hydrogens (tertiary/aromatic N) is 1. The first kappa shape index (κ1) is 18.9. The van der Waals surface area contributed by atoms with Crippen LogP contribution in [0.2, 0.25) is 0 Å². The molecule has 0 bridgehead atoms. The normalized spacial score (nSPS) is 18.1. The molecular weight excluding hydrogens is 348 g/mol. The Hall–Kier alpha value is -2.90. The quantitative estimate of drug-likeness (QED) is 0.806. The van der Waals surface area contributed by atoms with Crippen molar-refractivity contribution in [1.82, 2.24) is 4.90 Å². The summed E-state index contributed by atoms with van der Waals surface area (Å²) in [5, 5.41) is 13.3. The number of amides is 2. The van der Waals surface area contributed by atoms with Crippen molar-refractivity contribution in [2.24, 2.45) is 0 Å². The van der Waals surface area contributed by atoms with Crippen LogP contribution in [0.4, 0.5) is 5.69 Å². The topological polar surface area (TPSA) is 88.1 Å². The van der Waals surface area contributed by atoms with Gasteiger partial charge in [-0.05, 0) is 29.8 Å². The minimum atomic E-state index is -0.870. The van der Waals surface area contributed by atoms with Gasteiger partial charge in [0.2, 0.25) is 5.91 Å². The predicted molar refractivity (Wildman–Crippen MR) is 99.3 cm³/mol. The van der Waals surface area contributed by atoms with E-state index in [9.17, 15) is 14.7 Å². The fraction of sp³-hybridized carbons (Fsp3) is 0.300. The molecule has 142 valence electrons. The molecule has 1 heterocycles. The van der Waals surface area contributed by atoms with E-state index in [4.69, 9.17) is 9.47 Å². The van der Waals surface area contributed by atoms with Gasteiger partial charge < -0.3 is 24.8 Å². The van der Waals surface area contributed by atoms with E-state index in [1.807, 2.05) is 18.2 Å². The van der Waals surface area contributed by atoms with E-state index in [0.717, 1.165) is 0 Å². The van der Waals surface area contributed by atoms with Crippen LogP contribution in [0, 0.1) is 0 Å². The molecule has 1 aliphatic heterocycles. The fourth-order valence-corrected chi connectivity index (χ4v) is 2.82. The number of hydrogen-bond donors (Lipinski definition) is 2. The van der Waals surface area contributed by atoms with Crippen molar-refractivity contribution in [2.45, 2.75) is 12.1 Å². The molecule has 0 aliphatic carbocycles. The molecule has 2 aromatic carbocycles. The van der Waals surface area contributed by atoms with E-state index in [-0.39, 0.29) is 31.6 Å². The number of nitrogens with one attached hydrogen (secondary N) is 1. The number of morpholine rings is 1. The molecule has 2 unspecified atom stereocenters. The summed E-state index contributed by atoms with van der Waals surface area (Å²) in [5.41, 5.74) is 1.24. The minimum absolute atomic E-state index is 0.0374. The van der Waals surface area contributed by atoms with Crippen LogP contribution >= 0.6 is 0 Å². The zero-order valence-electron chi connectivity index (χ0n) is 15.0. The van der Waals surface area contributed by atoms with Crippen LogP contribution in [0.5, 0.6) is 5.75 Å². The molecule has 1 fully saturated rings. The van der Waals surface area contributed by atoms with Crippen molar-refractivity contribution in [3.05, 3.63) is 60.2 Å². The SMILES string of the molecule is CN1C(=O)COCC1C(O)c1ccc(NC(=O)COc2ccccc2)cc1. The molecule has 1 saturated heterocycles. The van der Waals surface area contributed by atoms with Crippen molar-refractivity contribution < 1.29 is 24.2 Å². The van der Waals surface area contributed by atoms with E-state index in [1.54, 1.807) is 43.4 Å². The number of ether oxygens (including phenoxy) is 2. The number of likely N-dealkylation sites (N-methyl/N-ethyl adjacent to an activating group) is 1. The molecule has 2 amide bonds. The van der Waals surface area contributed by atoms with Gasteiger partial charge in [-0.25, -0.2) is 0 Å². The van der Waals surface area contributed by atoms with Crippen molar-refractivity contribution in [1.29, 1.82) is 0 Å². The third kappa shape index (κ3) is 4.84. The summed E-state index contributed by atoms with van der Waals surface area (Å²) < 4.78 is 10.6. The molecule has 0 radical (unpaired) electrons.